The molecule has 0 aliphatic heterocycles. The predicted octanol–water partition coefficient (Wildman–Crippen LogP) is 3.76. The lowest BCUT2D eigenvalue weighted by Crippen LogP contribution is -2.38. The molecule has 0 radical (unpaired) electrons. The van der Waals surface area contributed by atoms with Crippen LogP contribution in [0.2, 0.25) is 0 Å². The van der Waals surface area contributed by atoms with Gasteiger partial charge in [-0.1, -0.05) is 48.5 Å². The summed E-state index contributed by atoms with van der Waals surface area (Å²) in [5, 5.41) is 9.19. The molecule has 25 heavy (non-hydrogen) atoms. The molecule has 5 heteroatoms. The van der Waals surface area contributed by atoms with Gasteiger partial charge in [0, 0.05) is 19.8 Å². The van der Waals surface area contributed by atoms with Crippen LogP contribution in [-0.2, 0) is 13.0 Å². The molecule has 0 saturated carbocycles. The smallest absolute Gasteiger partial charge is 0.191 e. The van der Waals surface area contributed by atoms with Crippen LogP contribution in [0, 0.1) is 0 Å². The summed E-state index contributed by atoms with van der Waals surface area (Å²) in [7, 11) is 1.78. The molecule has 0 unspecified atom stereocenters. The fourth-order valence-electron chi connectivity index (χ4n) is 2.62. The summed E-state index contributed by atoms with van der Waals surface area (Å²) in [6, 6.07) is 21.0. The predicted molar refractivity (Wildman–Crippen MR) is 116 cm³/mol. The number of hydrogen-bond acceptors (Lipinski definition) is 2. The minimum absolute atomic E-state index is 0. The second-order valence-corrected chi connectivity index (χ2v) is 5.61. The lowest BCUT2D eigenvalue weighted by atomic mass is 10.1. The van der Waals surface area contributed by atoms with E-state index in [-0.39, 0.29) is 24.0 Å². The first-order chi connectivity index (χ1) is 11.8. The van der Waals surface area contributed by atoms with Crippen LogP contribution < -0.4 is 10.6 Å². The van der Waals surface area contributed by atoms with E-state index >= 15 is 0 Å². The number of benzene rings is 2. The number of guanidine groups is 1. The molecule has 2 aromatic carbocycles. The molecular formula is C20H23IN4. The number of nitrogens with zero attached hydrogens (tertiary/aromatic N) is 2. The van der Waals surface area contributed by atoms with Gasteiger partial charge in [-0.15, -0.1) is 24.0 Å². The van der Waals surface area contributed by atoms with E-state index < -0.39 is 0 Å². The van der Waals surface area contributed by atoms with Crippen molar-refractivity contribution in [1.29, 1.82) is 0 Å². The van der Waals surface area contributed by atoms with E-state index in [4.69, 9.17) is 0 Å². The van der Waals surface area contributed by atoms with Crippen molar-refractivity contribution in [2.45, 2.75) is 13.0 Å². The molecule has 0 bridgehead atoms. The van der Waals surface area contributed by atoms with Crippen molar-refractivity contribution in [2.75, 3.05) is 13.6 Å². The van der Waals surface area contributed by atoms with Crippen molar-refractivity contribution in [3.8, 4) is 0 Å². The van der Waals surface area contributed by atoms with Crippen molar-refractivity contribution in [3.63, 3.8) is 0 Å². The molecular weight excluding hydrogens is 423 g/mol. The maximum Gasteiger partial charge on any atom is 0.191 e. The molecule has 3 rings (SSSR count). The summed E-state index contributed by atoms with van der Waals surface area (Å²) in [5.41, 5.74) is 2.32. The van der Waals surface area contributed by atoms with Crippen molar-refractivity contribution >= 4 is 40.7 Å². The minimum Gasteiger partial charge on any atom is -0.356 e. The van der Waals surface area contributed by atoms with Gasteiger partial charge in [0.2, 0.25) is 0 Å². The fourth-order valence-corrected chi connectivity index (χ4v) is 2.62. The highest BCUT2D eigenvalue weighted by Crippen LogP contribution is 2.15. The van der Waals surface area contributed by atoms with E-state index in [1.54, 1.807) is 13.2 Å². The number of aromatic nitrogens is 1. The van der Waals surface area contributed by atoms with Crippen molar-refractivity contribution in [2.24, 2.45) is 4.99 Å². The van der Waals surface area contributed by atoms with E-state index in [9.17, 15) is 0 Å². The Hall–Kier alpha value is -2.15. The normalized spacial score (nSPS) is 11.0. The Morgan fingerprint density at radius 1 is 0.960 bits per heavy atom. The van der Waals surface area contributed by atoms with E-state index in [0.29, 0.717) is 6.54 Å². The van der Waals surface area contributed by atoms with E-state index in [1.807, 2.05) is 18.2 Å². The van der Waals surface area contributed by atoms with Crippen molar-refractivity contribution in [3.05, 3.63) is 78.1 Å². The molecule has 1 heterocycles. The van der Waals surface area contributed by atoms with Crippen LogP contribution in [0.25, 0.3) is 10.8 Å². The SMILES string of the molecule is CN=C(NCCc1ccc2ccccc2c1)NCc1ccccn1.I. The molecule has 0 atom stereocenters. The van der Waals surface area contributed by atoms with E-state index in [2.05, 4.69) is 63.1 Å². The van der Waals surface area contributed by atoms with Crippen LogP contribution in [-0.4, -0.2) is 24.5 Å². The Kier molecular flexibility index (Phi) is 7.66. The third kappa shape index (κ3) is 5.70. The maximum atomic E-state index is 4.30. The van der Waals surface area contributed by atoms with Crippen LogP contribution in [0.3, 0.4) is 0 Å². The van der Waals surface area contributed by atoms with Crippen molar-refractivity contribution < 1.29 is 0 Å². The molecule has 0 aliphatic rings. The molecule has 0 fully saturated rings. The summed E-state index contributed by atoms with van der Waals surface area (Å²) in [4.78, 5) is 8.55. The number of halogens is 1. The molecule has 0 aliphatic carbocycles. The van der Waals surface area contributed by atoms with Gasteiger partial charge in [-0.3, -0.25) is 9.98 Å². The molecule has 1 aromatic heterocycles. The third-order valence-electron chi connectivity index (χ3n) is 3.91. The first-order valence-corrected chi connectivity index (χ1v) is 8.17. The number of fused-ring (bicyclic) bond motifs is 1. The topological polar surface area (TPSA) is 49.3 Å². The molecule has 0 amide bonds. The summed E-state index contributed by atoms with van der Waals surface area (Å²) < 4.78 is 0. The minimum atomic E-state index is 0. The summed E-state index contributed by atoms with van der Waals surface area (Å²) in [6.45, 7) is 1.50. The Morgan fingerprint density at radius 2 is 1.76 bits per heavy atom. The van der Waals surface area contributed by atoms with Gasteiger partial charge in [-0.2, -0.15) is 0 Å². The quantitative estimate of drug-likeness (QED) is 0.357. The van der Waals surface area contributed by atoms with Crippen LogP contribution in [0.1, 0.15) is 11.3 Å². The van der Waals surface area contributed by atoms with Crippen LogP contribution in [0.15, 0.2) is 71.9 Å². The standard InChI is InChI=1S/C20H22N4.HI/c1-21-20(24-15-19-8-4-5-12-22-19)23-13-11-16-9-10-17-6-2-3-7-18(17)14-16;/h2-10,12,14H,11,13,15H2,1H3,(H2,21,23,24);1H. The van der Waals surface area contributed by atoms with Gasteiger partial charge in [-0.25, -0.2) is 0 Å². The highest BCUT2D eigenvalue weighted by atomic mass is 127. The number of nitrogens with one attached hydrogen (secondary N) is 2. The summed E-state index contributed by atoms with van der Waals surface area (Å²) >= 11 is 0. The molecule has 4 nitrogen and oxygen atoms in total. The highest BCUT2D eigenvalue weighted by Gasteiger charge is 2.00. The Labute approximate surface area is 165 Å². The van der Waals surface area contributed by atoms with Gasteiger partial charge in [0.15, 0.2) is 5.96 Å². The van der Waals surface area contributed by atoms with Gasteiger partial charge in [0.1, 0.15) is 0 Å². The Balaban J connectivity index is 0.00000225. The molecule has 3 aromatic rings. The van der Waals surface area contributed by atoms with E-state index in [1.165, 1.54) is 16.3 Å². The second-order valence-electron chi connectivity index (χ2n) is 5.61. The molecule has 2 N–H and O–H groups in total. The largest absolute Gasteiger partial charge is 0.356 e. The van der Waals surface area contributed by atoms with Crippen molar-refractivity contribution in [1.82, 2.24) is 15.6 Å². The summed E-state index contributed by atoms with van der Waals surface area (Å²) in [5.74, 6) is 0.793. The average molecular weight is 446 g/mol. The fraction of sp³-hybridized carbons (Fsp3) is 0.200. The van der Waals surface area contributed by atoms with Gasteiger partial charge < -0.3 is 10.6 Å². The second kappa shape index (κ2) is 9.98. The third-order valence-corrected chi connectivity index (χ3v) is 3.91. The zero-order chi connectivity index (χ0) is 16.6. The van der Waals surface area contributed by atoms with Gasteiger partial charge in [0.25, 0.3) is 0 Å². The Bertz CT molecular complexity index is 818. The lowest BCUT2D eigenvalue weighted by molar-refractivity contribution is 0.784. The zero-order valence-corrected chi connectivity index (χ0v) is 16.6. The highest BCUT2D eigenvalue weighted by molar-refractivity contribution is 14.0. The van der Waals surface area contributed by atoms with Crippen LogP contribution in [0.4, 0.5) is 0 Å². The number of hydrogen-bond donors (Lipinski definition) is 2. The lowest BCUT2D eigenvalue weighted by Gasteiger charge is -2.12. The van der Waals surface area contributed by atoms with Gasteiger partial charge in [0.05, 0.1) is 12.2 Å². The number of rotatable bonds is 5. The van der Waals surface area contributed by atoms with Crippen LogP contribution >= 0.6 is 24.0 Å². The van der Waals surface area contributed by atoms with Gasteiger partial charge >= 0.3 is 0 Å². The number of aliphatic imine (C=N–C) groups is 1. The summed E-state index contributed by atoms with van der Waals surface area (Å²) in [6.07, 6.45) is 2.75. The molecule has 130 valence electrons. The number of pyridine rings is 1. The monoisotopic (exact) mass is 446 g/mol. The Morgan fingerprint density at radius 3 is 2.52 bits per heavy atom. The average Bonchev–Trinajstić information content (AvgIpc) is 2.65. The molecule has 0 saturated heterocycles. The molecule has 0 spiro atoms. The van der Waals surface area contributed by atoms with E-state index in [0.717, 1.165) is 24.6 Å². The maximum absolute atomic E-state index is 4.30. The van der Waals surface area contributed by atoms with Gasteiger partial charge in [-0.05, 0) is 34.9 Å². The first-order valence-electron chi connectivity index (χ1n) is 8.17. The first kappa shape index (κ1) is 19.2. The zero-order valence-electron chi connectivity index (χ0n) is 14.3. The van der Waals surface area contributed by atoms with Crippen LogP contribution in [0.5, 0.6) is 0 Å².